The molecule has 3 saturated heterocycles. The number of carbonyl (C=O) groups excluding carboxylic acids is 1. The Labute approximate surface area is 177 Å². The second-order valence-corrected chi connectivity index (χ2v) is 9.47. The van der Waals surface area contributed by atoms with Crippen molar-refractivity contribution >= 4 is 5.91 Å². The molecule has 1 aromatic rings. The van der Waals surface area contributed by atoms with E-state index >= 15 is 0 Å². The van der Waals surface area contributed by atoms with Crippen molar-refractivity contribution in [2.75, 3.05) is 6.61 Å². The van der Waals surface area contributed by atoms with Crippen LogP contribution in [0.4, 0.5) is 0 Å². The van der Waals surface area contributed by atoms with Crippen LogP contribution in [0, 0.1) is 13.8 Å². The van der Waals surface area contributed by atoms with Gasteiger partial charge in [-0.15, -0.1) is 0 Å². The quantitative estimate of drug-likeness (QED) is 0.815. The first kappa shape index (κ1) is 20.4. The zero-order chi connectivity index (χ0) is 21.1. The van der Waals surface area contributed by atoms with E-state index in [4.69, 9.17) is 23.7 Å². The summed E-state index contributed by atoms with van der Waals surface area (Å²) in [5, 5.41) is 3.17. The Hall–Kier alpha value is -1.51. The molecule has 1 aromatic carbocycles. The number of hydrogen-bond acceptors (Lipinski definition) is 6. The van der Waals surface area contributed by atoms with Crippen LogP contribution < -0.4 is 5.32 Å². The van der Waals surface area contributed by atoms with Gasteiger partial charge in [0.15, 0.2) is 17.9 Å². The van der Waals surface area contributed by atoms with Crippen molar-refractivity contribution < 1.29 is 28.5 Å². The van der Waals surface area contributed by atoms with Gasteiger partial charge in [0, 0.05) is 18.4 Å². The van der Waals surface area contributed by atoms with Crippen LogP contribution in [-0.2, 0) is 23.7 Å². The van der Waals surface area contributed by atoms with E-state index in [0.717, 1.165) is 36.8 Å². The molecule has 3 aliphatic heterocycles. The largest absolute Gasteiger partial charge is 0.347 e. The van der Waals surface area contributed by atoms with Gasteiger partial charge in [-0.25, -0.2) is 0 Å². The lowest BCUT2D eigenvalue weighted by Gasteiger charge is -2.30. The smallest absolute Gasteiger partial charge is 0.251 e. The Bertz CT molecular complexity index is 833. The number of amides is 1. The molecule has 4 aliphatic rings. The first-order valence-electron chi connectivity index (χ1n) is 11.0. The van der Waals surface area contributed by atoms with Gasteiger partial charge in [0.25, 0.3) is 5.91 Å². The fourth-order valence-corrected chi connectivity index (χ4v) is 5.14. The van der Waals surface area contributed by atoms with Gasteiger partial charge in [0.2, 0.25) is 0 Å². The lowest BCUT2D eigenvalue weighted by atomic mass is 10.0. The molecule has 30 heavy (non-hydrogen) atoms. The van der Waals surface area contributed by atoms with E-state index in [0.29, 0.717) is 12.2 Å². The summed E-state index contributed by atoms with van der Waals surface area (Å²) < 4.78 is 30.7. The molecule has 3 heterocycles. The number of carbonyl (C=O) groups is 1. The minimum atomic E-state index is -0.762. The molecular weight excluding hydrogens is 386 g/mol. The van der Waals surface area contributed by atoms with Gasteiger partial charge in [-0.1, -0.05) is 17.7 Å². The minimum Gasteiger partial charge on any atom is -0.347 e. The van der Waals surface area contributed by atoms with Crippen molar-refractivity contribution in [3.63, 3.8) is 0 Å². The molecule has 0 aromatic heterocycles. The average molecular weight is 418 g/mol. The third kappa shape index (κ3) is 3.56. The third-order valence-corrected chi connectivity index (χ3v) is 6.63. The van der Waals surface area contributed by atoms with Crippen molar-refractivity contribution in [2.45, 2.75) is 95.6 Å². The van der Waals surface area contributed by atoms with Gasteiger partial charge >= 0.3 is 0 Å². The Balaban J connectivity index is 1.38. The van der Waals surface area contributed by atoms with Crippen LogP contribution in [0.1, 0.15) is 61.0 Å². The van der Waals surface area contributed by atoms with Crippen LogP contribution in [-0.4, -0.2) is 54.7 Å². The highest BCUT2D eigenvalue weighted by Gasteiger charge is 2.59. The van der Waals surface area contributed by atoms with Crippen molar-refractivity contribution in [3.8, 4) is 0 Å². The van der Waals surface area contributed by atoms with Crippen LogP contribution >= 0.6 is 0 Å². The summed E-state index contributed by atoms with van der Waals surface area (Å²) in [6, 6.07) is 5.48. The fraction of sp³-hybridized carbons (Fsp3) is 0.696. The maximum atomic E-state index is 13.2. The van der Waals surface area contributed by atoms with E-state index < -0.39 is 36.1 Å². The highest BCUT2D eigenvalue weighted by atomic mass is 16.8. The molecule has 164 valence electrons. The summed E-state index contributed by atoms with van der Waals surface area (Å²) in [6.45, 7) is 8.08. The van der Waals surface area contributed by atoms with E-state index in [1.165, 1.54) is 0 Å². The van der Waals surface area contributed by atoms with Crippen LogP contribution in [0.3, 0.4) is 0 Å². The third-order valence-electron chi connectivity index (χ3n) is 6.63. The monoisotopic (exact) mass is 417 g/mol. The molecule has 7 heteroatoms. The van der Waals surface area contributed by atoms with Crippen LogP contribution in [0.5, 0.6) is 0 Å². The summed E-state index contributed by atoms with van der Waals surface area (Å²) in [6.07, 6.45) is 2.41. The minimum absolute atomic E-state index is 0.141. The Morgan fingerprint density at radius 1 is 1.07 bits per heavy atom. The number of benzene rings is 1. The van der Waals surface area contributed by atoms with Crippen LogP contribution in [0.15, 0.2) is 18.2 Å². The highest BCUT2D eigenvalue weighted by Crippen LogP contribution is 2.44. The number of hydrogen-bond donors (Lipinski definition) is 1. The summed E-state index contributed by atoms with van der Waals surface area (Å²) in [7, 11) is 0. The molecule has 0 unspecified atom stereocenters. The maximum absolute atomic E-state index is 13.2. The SMILES string of the molecule is Cc1ccc(C)c(C(=O)N[C@H]2[C@H]3OC(C)(C)O[C@H]3O[C@@H]2[C@H]2COC3(CCCC3)O2)c1. The topological polar surface area (TPSA) is 75.3 Å². The van der Waals surface area contributed by atoms with E-state index in [1.807, 2.05) is 45.9 Å². The number of ether oxygens (including phenoxy) is 5. The molecule has 1 spiro atoms. The maximum Gasteiger partial charge on any atom is 0.251 e. The molecule has 1 aliphatic carbocycles. The Morgan fingerprint density at radius 3 is 2.60 bits per heavy atom. The van der Waals surface area contributed by atoms with Crippen LogP contribution in [0.2, 0.25) is 0 Å². The average Bonchev–Trinajstić information content (AvgIpc) is 3.44. The summed E-state index contributed by atoms with van der Waals surface area (Å²) in [5.74, 6) is -1.39. The first-order chi connectivity index (χ1) is 14.3. The van der Waals surface area contributed by atoms with Crippen molar-refractivity contribution in [1.29, 1.82) is 0 Å². The second kappa shape index (κ2) is 7.28. The summed E-state index contributed by atoms with van der Waals surface area (Å²) in [4.78, 5) is 13.2. The van der Waals surface area contributed by atoms with E-state index in [1.54, 1.807) is 0 Å². The van der Waals surface area contributed by atoms with E-state index in [9.17, 15) is 4.79 Å². The molecule has 0 bridgehead atoms. The van der Waals surface area contributed by atoms with Gasteiger partial charge in [-0.2, -0.15) is 0 Å². The molecule has 1 amide bonds. The highest BCUT2D eigenvalue weighted by molar-refractivity contribution is 5.96. The summed E-state index contributed by atoms with van der Waals surface area (Å²) in [5.41, 5.74) is 2.63. The summed E-state index contributed by atoms with van der Waals surface area (Å²) >= 11 is 0. The molecule has 1 saturated carbocycles. The van der Waals surface area contributed by atoms with Crippen molar-refractivity contribution in [1.82, 2.24) is 5.32 Å². The van der Waals surface area contributed by atoms with Gasteiger partial charge < -0.3 is 29.0 Å². The zero-order valence-corrected chi connectivity index (χ0v) is 18.1. The predicted molar refractivity (Wildman–Crippen MR) is 108 cm³/mol. The van der Waals surface area contributed by atoms with Gasteiger partial charge in [-0.3, -0.25) is 4.79 Å². The Morgan fingerprint density at radius 2 is 1.83 bits per heavy atom. The standard InChI is InChI=1S/C23H31NO6/c1-13-7-8-14(2)15(11-13)20(25)24-17-18(27-21-19(17)29-22(3,4)30-21)16-12-26-23(28-16)9-5-6-10-23/h7-8,11,16-19,21H,5-6,9-10,12H2,1-4H3,(H,24,25)/t16-,17-,18-,19-,21-/m1/s1. The molecule has 1 N–H and O–H groups in total. The van der Waals surface area contributed by atoms with Crippen molar-refractivity contribution in [2.24, 2.45) is 0 Å². The number of aryl methyl sites for hydroxylation is 2. The predicted octanol–water partition coefficient (Wildman–Crippen LogP) is 2.96. The van der Waals surface area contributed by atoms with Gasteiger partial charge in [0.1, 0.15) is 18.3 Å². The fourth-order valence-electron chi connectivity index (χ4n) is 5.14. The molecule has 7 nitrogen and oxygen atoms in total. The van der Waals surface area contributed by atoms with E-state index in [-0.39, 0.29) is 12.0 Å². The van der Waals surface area contributed by atoms with Gasteiger partial charge in [0.05, 0.1) is 12.6 Å². The molecular formula is C23H31NO6. The lowest BCUT2D eigenvalue weighted by Crippen LogP contribution is -2.52. The molecule has 4 fully saturated rings. The number of rotatable bonds is 3. The molecule has 5 rings (SSSR count). The molecule has 5 atom stereocenters. The number of fused-ring (bicyclic) bond motifs is 1. The van der Waals surface area contributed by atoms with Gasteiger partial charge in [-0.05, 0) is 52.2 Å². The first-order valence-corrected chi connectivity index (χ1v) is 11.0. The second-order valence-electron chi connectivity index (χ2n) is 9.47. The van der Waals surface area contributed by atoms with Crippen molar-refractivity contribution in [3.05, 3.63) is 34.9 Å². The van der Waals surface area contributed by atoms with Crippen LogP contribution in [0.25, 0.3) is 0 Å². The molecule has 0 radical (unpaired) electrons. The Kier molecular flexibility index (Phi) is 4.95. The number of nitrogens with one attached hydrogen (secondary N) is 1. The lowest BCUT2D eigenvalue weighted by molar-refractivity contribution is -0.226. The van der Waals surface area contributed by atoms with E-state index in [2.05, 4.69) is 5.32 Å². The normalized spacial score (nSPS) is 36.3. The zero-order valence-electron chi connectivity index (χ0n) is 18.1.